The lowest BCUT2D eigenvalue weighted by atomic mass is 9.34. The number of ketones is 1. The Hall–Kier alpha value is -1.12. The number of carbonyl (C=O) groups is 2. The zero-order valence-corrected chi connectivity index (χ0v) is 23.9. The van der Waals surface area contributed by atoms with E-state index in [4.69, 9.17) is 4.74 Å². The second-order valence-electron chi connectivity index (χ2n) is 15.2. The number of ether oxygens (including phenoxy) is 1. The minimum Gasteiger partial charge on any atom is -0.462 e. The van der Waals surface area contributed by atoms with Crippen LogP contribution in [0, 0.1) is 56.7 Å². The highest BCUT2D eigenvalue weighted by Gasteiger charge is 2.68. The second kappa shape index (κ2) is 7.70. The Morgan fingerprint density at radius 3 is 2.09 bits per heavy atom. The molecule has 0 radical (unpaired) electrons. The zero-order valence-electron chi connectivity index (χ0n) is 23.9. The van der Waals surface area contributed by atoms with Crippen LogP contribution >= 0.6 is 0 Å². The van der Waals surface area contributed by atoms with Crippen molar-refractivity contribution in [2.24, 2.45) is 56.7 Å². The molecule has 0 heterocycles. The van der Waals surface area contributed by atoms with E-state index in [9.17, 15) is 9.59 Å². The van der Waals surface area contributed by atoms with Crippen molar-refractivity contribution in [3.05, 3.63) is 11.6 Å². The van der Waals surface area contributed by atoms with Crippen LogP contribution < -0.4 is 0 Å². The maximum absolute atomic E-state index is 13.9. The van der Waals surface area contributed by atoms with Crippen LogP contribution in [0.4, 0.5) is 0 Å². The fraction of sp³-hybridized carbons (Fsp3) is 0.875. The van der Waals surface area contributed by atoms with Gasteiger partial charge in [0.25, 0.3) is 0 Å². The van der Waals surface area contributed by atoms with Crippen molar-refractivity contribution in [3.8, 4) is 0 Å². The van der Waals surface area contributed by atoms with Gasteiger partial charge in [-0.15, -0.1) is 0 Å². The van der Waals surface area contributed by atoms with Crippen LogP contribution in [-0.2, 0) is 14.3 Å². The minimum absolute atomic E-state index is 0.0112. The van der Waals surface area contributed by atoms with E-state index in [2.05, 4.69) is 61.5 Å². The summed E-state index contributed by atoms with van der Waals surface area (Å²) in [6, 6.07) is 0. The molecule has 0 saturated heterocycles. The Labute approximate surface area is 214 Å². The van der Waals surface area contributed by atoms with Crippen molar-refractivity contribution in [3.63, 3.8) is 0 Å². The molecular formula is C32H50O3. The van der Waals surface area contributed by atoms with Gasteiger partial charge >= 0.3 is 5.97 Å². The molecule has 4 fully saturated rings. The van der Waals surface area contributed by atoms with Crippen LogP contribution in [0.3, 0.4) is 0 Å². The summed E-state index contributed by atoms with van der Waals surface area (Å²) in [6.45, 7) is 21.0. The van der Waals surface area contributed by atoms with Gasteiger partial charge in [-0.05, 0) is 103 Å². The molecule has 0 aromatic carbocycles. The summed E-state index contributed by atoms with van der Waals surface area (Å²) >= 11 is 0. The first-order valence-corrected chi connectivity index (χ1v) is 14.6. The highest BCUT2D eigenvalue weighted by molar-refractivity contribution is 5.97. The van der Waals surface area contributed by atoms with Gasteiger partial charge in [0, 0.05) is 17.8 Å². The van der Waals surface area contributed by atoms with Crippen LogP contribution in [0.2, 0.25) is 0 Å². The third-order valence-corrected chi connectivity index (χ3v) is 13.2. The van der Waals surface area contributed by atoms with E-state index in [1.54, 1.807) is 6.92 Å². The molecule has 0 aromatic rings. The molecule has 3 nitrogen and oxygen atoms in total. The summed E-state index contributed by atoms with van der Waals surface area (Å²) in [6.07, 6.45) is 11.3. The number of esters is 1. The van der Waals surface area contributed by atoms with Gasteiger partial charge in [-0.25, -0.2) is 0 Å². The van der Waals surface area contributed by atoms with Gasteiger partial charge in [0.2, 0.25) is 0 Å². The van der Waals surface area contributed by atoms with Crippen molar-refractivity contribution >= 4 is 11.8 Å². The molecule has 5 aliphatic rings. The molecule has 0 N–H and O–H groups in total. The highest BCUT2D eigenvalue weighted by atomic mass is 16.5. The maximum Gasteiger partial charge on any atom is 0.302 e. The fourth-order valence-electron chi connectivity index (χ4n) is 11.5. The molecular weight excluding hydrogens is 432 g/mol. The van der Waals surface area contributed by atoms with Gasteiger partial charge in [-0.3, -0.25) is 9.59 Å². The van der Waals surface area contributed by atoms with E-state index < -0.39 is 0 Å². The van der Waals surface area contributed by atoms with E-state index in [0.29, 0.717) is 35.4 Å². The number of rotatable bonds is 1. The fourth-order valence-corrected chi connectivity index (χ4v) is 11.5. The Kier molecular flexibility index (Phi) is 5.62. The summed E-state index contributed by atoms with van der Waals surface area (Å²) < 4.78 is 5.87. The minimum atomic E-state index is -0.196. The third-order valence-electron chi connectivity index (χ3n) is 13.2. The normalized spacial score (nSPS) is 52.8. The van der Waals surface area contributed by atoms with Crippen molar-refractivity contribution in [1.29, 1.82) is 0 Å². The van der Waals surface area contributed by atoms with Crippen molar-refractivity contribution in [2.75, 3.05) is 0 Å². The van der Waals surface area contributed by atoms with Crippen LogP contribution in [0.5, 0.6) is 0 Å². The molecule has 10 unspecified atom stereocenters. The Bertz CT molecular complexity index is 962. The van der Waals surface area contributed by atoms with E-state index in [1.165, 1.54) is 24.8 Å². The summed E-state index contributed by atoms with van der Waals surface area (Å²) in [5.41, 5.74) is 1.71. The van der Waals surface area contributed by atoms with Gasteiger partial charge in [0.1, 0.15) is 6.10 Å². The lowest BCUT2D eigenvalue weighted by Crippen LogP contribution is -2.64. The van der Waals surface area contributed by atoms with E-state index >= 15 is 0 Å². The third kappa shape index (κ3) is 3.21. The lowest BCUT2D eigenvalue weighted by Gasteiger charge is -2.70. The SMILES string of the molecule is CC(=O)OC1CCC2(C)C3CCC4(C)C(=CC(=O)C5(C)CCC(C)C(C)C54)C3(C)CCC2C1(C)C. The molecule has 0 spiro atoms. The quantitative estimate of drug-likeness (QED) is 0.358. The molecule has 0 aliphatic heterocycles. The van der Waals surface area contributed by atoms with Gasteiger partial charge in [-0.1, -0.05) is 61.0 Å². The molecule has 10 atom stereocenters. The van der Waals surface area contributed by atoms with Gasteiger partial charge in [-0.2, -0.15) is 0 Å². The zero-order chi connectivity index (χ0) is 25.8. The van der Waals surface area contributed by atoms with Crippen LogP contribution in [-0.4, -0.2) is 17.9 Å². The monoisotopic (exact) mass is 482 g/mol. The smallest absolute Gasteiger partial charge is 0.302 e. The number of fused-ring (bicyclic) bond motifs is 7. The highest BCUT2D eigenvalue weighted by Crippen LogP contribution is 2.74. The molecule has 0 aromatic heterocycles. The second-order valence-corrected chi connectivity index (χ2v) is 15.2. The van der Waals surface area contributed by atoms with E-state index in [-0.39, 0.29) is 39.1 Å². The average Bonchev–Trinajstić information content (AvgIpc) is 2.74. The molecule has 5 rings (SSSR count). The van der Waals surface area contributed by atoms with Crippen molar-refractivity contribution in [1.82, 2.24) is 0 Å². The van der Waals surface area contributed by atoms with Gasteiger partial charge < -0.3 is 4.74 Å². The first-order chi connectivity index (χ1) is 16.1. The number of hydrogen-bond donors (Lipinski definition) is 0. The first-order valence-electron chi connectivity index (χ1n) is 14.6. The molecule has 5 aliphatic carbocycles. The first kappa shape index (κ1) is 25.5. The van der Waals surface area contributed by atoms with Crippen LogP contribution in [0.25, 0.3) is 0 Å². The van der Waals surface area contributed by atoms with E-state index in [0.717, 1.165) is 32.1 Å². The summed E-state index contributed by atoms with van der Waals surface area (Å²) in [4.78, 5) is 25.8. The maximum atomic E-state index is 13.9. The molecule has 196 valence electrons. The molecule has 3 heteroatoms. The molecule has 4 saturated carbocycles. The predicted molar refractivity (Wildman–Crippen MR) is 141 cm³/mol. The number of hydrogen-bond acceptors (Lipinski definition) is 3. The Morgan fingerprint density at radius 2 is 1.43 bits per heavy atom. The summed E-state index contributed by atoms with van der Waals surface area (Å²) in [5.74, 6) is 3.11. The van der Waals surface area contributed by atoms with Crippen molar-refractivity contribution < 1.29 is 14.3 Å². The number of carbonyl (C=O) groups excluding carboxylic acids is 2. The number of allylic oxidation sites excluding steroid dienone is 2. The standard InChI is InChI=1S/C32H50O3/c1-19-10-14-32(9)25(34)18-24-30(7)15-11-22-28(4,5)26(35-21(3)33)13-17-29(22,6)23(30)12-16-31(24,8)27(32)20(19)2/h18-20,22-23,26-27H,10-17H2,1-9H3. The van der Waals surface area contributed by atoms with Crippen LogP contribution in [0.15, 0.2) is 11.6 Å². The van der Waals surface area contributed by atoms with Crippen molar-refractivity contribution in [2.45, 2.75) is 120 Å². The Balaban J connectivity index is 1.56. The topological polar surface area (TPSA) is 43.4 Å². The molecule has 0 bridgehead atoms. The summed E-state index contributed by atoms with van der Waals surface area (Å²) in [7, 11) is 0. The van der Waals surface area contributed by atoms with Gasteiger partial charge in [0.15, 0.2) is 5.78 Å². The largest absolute Gasteiger partial charge is 0.462 e. The summed E-state index contributed by atoms with van der Waals surface area (Å²) in [5, 5.41) is 0. The lowest BCUT2D eigenvalue weighted by molar-refractivity contribution is -0.199. The Morgan fingerprint density at radius 1 is 0.829 bits per heavy atom. The molecule has 0 amide bonds. The van der Waals surface area contributed by atoms with Crippen LogP contribution in [0.1, 0.15) is 114 Å². The molecule has 35 heavy (non-hydrogen) atoms. The van der Waals surface area contributed by atoms with Gasteiger partial charge in [0.05, 0.1) is 0 Å². The average molecular weight is 483 g/mol. The van der Waals surface area contributed by atoms with E-state index in [1.807, 2.05) is 0 Å². The predicted octanol–water partition coefficient (Wildman–Crippen LogP) is 7.77.